The van der Waals surface area contributed by atoms with Crippen molar-refractivity contribution in [2.45, 2.75) is 33.9 Å². The normalized spacial score (nSPS) is 22.5. The molecule has 0 saturated heterocycles. The molecule has 0 bridgehead atoms. The smallest absolute Gasteiger partial charge is 0.121 e. The summed E-state index contributed by atoms with van der Waals surface area (Å²) in [6, 6.07) is 0. The summed E-state index contributed by atoms with van der Waals surface area (Å²) < 4.78 is 0. The first-order valence-electron chi connectivity index (χ1n) is 5.05. The lowest BCUT2D eigenvalue weighted by atomic mass is 10.1. The molecule has 0 amide bonds. The molecule has 0 aromatic carbocycles. The molecule has 1 aliphatic rings. The minimum Gasteiger partial charge on any atom is -0.339 e. The van der Waals surface area contributed by atoms with E-state index in [0.717, 1.165) is 6.54 Å². The van der Waals surface area contributed by atoms with E-state index < -0.39 is 0 Å². The molecule has 1 unspecified atom stereocenters. The van der Waals surface area contributed by atoms with Crippen LogP contribution in [-0.4, -0.2) is 36.0 Å². The molecule has 0 N–H and O–H groups in total. The Bertz CT molecular complexity index is 187. The zero-order valence-corrected chi connectivity index (χ0v) is 9.36. The highest BCUT2D eigenvalue weighted by molar-refractivity contribution is 5.57. The molecule has 13 heavy (non-hydrogen) atoms. The summed E-state index contributed by atoms with van der Waals surface area (Å²) >= 11 is 0. The van der Waals surface area contributed by atoms with Crippen LogP contribution in [0, 0.1) is 11.8 Å². The van der Waals surface area contributed by atoms with E-state index in [0.29, 0.717) is 18.0 Å². The highest BCUT2D eigenvalue weighted by Gasteiger charge is 2.27. The van der Waals surface area contributed by atoms with Crippen LogP contribution in [0.5, 0.6) is 0 Å². The Labute approximate surface area is 81.4 Å². The van der Waals surface area contributed by atoms with Crippen LogP contribution in [0.2, 0.25) is 0 Å². The first kappa shape index (κ1) is 10.4. The van der Waals surface area contributed by atoms with E-state index in [1.165, 1.54) is 0 Å². The molecule has 0 saturated carbocycles. The highest BCUT2D eigenvalue weighted by Crippen LogP contribution is 2.19. The lowest BCUT2D eigenvalue weighted by molar-refractivity contribution is 0.106. The maximum atomic E-state index is 4.31. The fourth-order valence-electron chi connectivity index (χ4n) is 1.89. The zero-order chi connectivity index (χ0) is 10.0. The maximum Gasteiger partial charge on any atom is 0.121 e. The van der Waals surface area contributed by atoms with E-state index in [9.17, 15) is 0 Å². The molecule has 0 aliphatic carbocycles. The molecule has 76 valence electrons. The molecular formula is C10H21N3. The molecule has 0 radical (unpaired) electrons. The van der Waals surface area contributed by atoms with Crippen molar-refractivity contribution >= 4 is 6.34 Å². The minimum absolute atomic E-state index is 0.447. The van der Waals surface area contributed by atoms with Crippen molar-refractivity contribution in [2.24, 2.45) is 16.9 Å². The first-order chi connectivity index (χ1) is 6.02. The van der Waals surface area contributed by atoms with Gasteiger partial charge in [-0.1, -0.05) is 27.7 Å². The number of nitrogens with zero attached hydrogens (tertiary/aromatic N) is 3. The standard InChI is InChI=1S/C10H21N3/c1-8(2)6-13-7-11-12(5)10(13)9(3)4/h7-10H,6H2,1-5H3. The highest BCUT2D eigenvalue weighted by atomic mass is 15.6. The second-order valence-corrected chi connectivity index (χ2v) is 4.55. The average Bonchev–Trinajstić information content (AvgIpc) is 2.30. The van der Waals surface area contributed by atoms with Gasteiger partial charge in [0.25, 0.3) is 0 Å². The van der Waals surface area contributed by atoms with Crippen LogP contribution in [-0.2, 0) is 0 Å². The van der Waals surface area contributed by atoms with Gasteiger partial charge < -0.3 is 4.90 Å². The van der Waals surface area contributed by atoms with Crippen LogP contribution in [0.1, 0.15) is 27.7 Å². The Balaban J connectivity index is 2.58. The predicted octanol–water partition coefficient (Wildman–Crippen LogP) is 1.82. The summed E-state index contributed by atoms with van der Waals surface area (Å²) in [5.74, 6) is 1.31. The number of hydrogen-bond donors (Lipinski definition) is 0. The minimum atomic E-state index is 0.447. The fraction of sp³-hybridized carbons (Fsp3) is 0.900. The largest absolute Gasteiger partial charge is 0.339 e. The first-order valence-corrected chi connectivity index (χ1v) is 5.05. The quantitative estimate of drug-likeness (QED) is 0.664. The van der Waals surface area contributed by atoms with E-state index in [-0.39, 0.29) is 0 Å². The van der Waals surface area contributed by atoms with Gasteiger partial charge in [0.2, 0.25) is 0 Å². The predicted molar refractivity (Wildman–Crippen MR) is 56.4 cm³/mol. The van der Waals surface area contributed by atoms with Crippen LogP contribution in [0.3, 0.4) is 0 Å². The third kappa shape index (κ3) is 2.36. The van der Waals surface area contributed by atoms with Crippen LogP contribution in [0.4, 0.5) is 0 Å². The van der Waals surface area contributed by atoms with Gasteiger partial charge in [-0.15, -0.1) is 0 Å². The Morgan fingerprint density at radius 3 is 2.38 bits per heavy atom. The van der Waals surface area contributed by atoms with Gasteiger partial charge >= 0.3 is 0 Å². The van der Waals surface area contributed by atoms with Gasteiger partial charge in [0.1, 0.15) is 12.5 Å². The number of hydrazone groups is 1. The second kappa shape index (κ2) is 3.99. The third-order valence-electron chi connectivity index (χ3n) is 2.28. The lowest BCUT2D eigenvalue weighted by Crippen LogP contribution is -2.43. The summed E-state index contributed by atoms with van der Waals surface area (Å²) in [6.45, 7) is 10.1. The molecular weight excluding hydrogens is 162 g/mol. The lowest BCUT2D eigenvalue weighted by Gasteiger charge is -2.32. The summed E-state index contributed by atoms with van der Waals surface area (Å²) in [4.78, 5) is 2.33. The average molecular weight is 183 g/mol. The topological polar surface area (TPSA) is 18.8 Å². The van der Waals surface area contributed by atoms with Gasteiger partial charge in [-0.3, -0.25) is 5.01 Å². The molecule has 1 rings (SSSR count). The van der Waals surface area contributed by atoms with Crippen LogP contribution in [0.25, 0.3) is 0 Å². The Kier molecular flexibility index (Phi) is 3.17. The SMILES string of the molecule is CC(C)CN1C=NN(C)C1C(C)C. The fourth-order valence-corrected chi connectivity index (χ4v) is 1.89. The number of rotatable bonds is 3. The van der Waals surface area contributed by atoms with Crippen molar-refractivity contribution in [3.63, 3.8) is 0 Å². The molecule has 0 aromatic rings. The third-order valence-corrected chi connectivity index (χ3v) is 2.28. The molecule has 0 fully saturated rings. The Morgan fingerprint density at radius 1 is 1.31 bits per heavy atom. The van der Waals surface area contributed by atoms with Crippen molar-refractivity contribution in [1.29, 1.82) is 0 Å². The van der Waals surface area contributed by atoms with Gasteiger partial charge in [0.05, 0.1) is 0 Å². The van der Waals surface area contributed by atoms with E-state index in [1.807, 2.05) is 18.4 Å². The maximum absolute atomic E-state index is 4.31. The number of hydrogen-bond acceptors (Lipinski definition) is 3. The monoisotopic (exact) mass is 183 g/mol. The van der Waals surface area contributed by atoms with Gasteiger partial charge in [-0.25, -0.2) is 0 Å². The molecule has 1 atom stereocenters. The van der Waals surface area contributed by atoms with Crippen LogP contribution in [0.15, 0.2) is 5.10 Å². The van der Waals surface area contributed by atoms with Crippen molar-refractivity contribution in [1.82, 2.24) is 9.91 Å². The van der Waals surface area contributed by atoms with Crippen LogP contribution < -0.4 is 0 Å². The molecule has 1 heterocycles. The van der Waals surface area contributed by atoms with Gasteiger partial charge in [-0.2, -0.15) is 5.10 Å². The summed E-state index contributed by atoms with van der Waals surface area (Å²) in [7, 11) is 2.04. The van der Waals surface area contributed by atoms with E-state index in [2.05, 4.69) is 37.7 Å². The summed E-state index contributed by atoms with van der Waals surface area (Å²) in [5.41, 5.74) is 0. The van der Waals surface area contributed by atoms with Crippen LogP contribution >= 0.6 is 0 Å². The molecule has 3 heteroatoms. The van der Waals surface area contributed by atoms with Gasteiger partial charge in [-0.05, 0) is 11.8 Å². The van der Waals surface area contributed by atoms with Crippen molar-refractivity contribution in [3.8, 4) is 0 Å². The Morgan fingerprint density at radius 2 is 1.92 bits per heavy atom. The van der Waals surface area contributed by atoms with E-state index in [1.54, 1.807) is 0 Å². The van der Waals surface area contributed by atoms with Crippen molar-refractivity contribution in [2.75, 3.05) is 13.6 Å². The zero-order valence-electron chi connectivity index (χ0n) is 9.36. The van der Waals surface area contributed by atoms with E-state index in [4.69, 9.17) is 0 Å². The van der Waals surface area contributed by atoms with E-state index >= 15 is 0 Å². The summed E-state index contributed by atoms with van der Waals surface area (Å²) in [5, 5.41) is 6.36. The molecule has 0 aromatic heterocycles. The second-order valence-electron chi connectivity index (χ2n) is 4.55. The van der Waals surface area contributed by atoms with Crippen molar-refractivity contribution < 1.29 is 0 Å². The van der Waals surface area contributed by atoms with Crippen molar-refractivity contribution in [3.05, 3.63) is 0 Å². The summed E-state index contributed by atoms with van der Waals surface area (Å²) in [6.07, 6.45) is 2.41. The molecule has 3 nitrogen and oxygen atoms in total. The molecule has 0 spiro atoms. The Hall–Kier alpha value is -0.730. The van der Waals surface area contributed by atoms with Gasteiger partial charge in [0.15, 0.2) is 0 Å². The molecule has 1 aliphatic heterocycles. The van der Waals surface area contributed by atoms with Gasteiger partial charge in [0, 0.05) is 13.6 Å².